The number of rotatable bonds is 4. The van der Waals surface area contributed by atoms with Crippen molar-refractivity contribution in [2.24, 2.45) is 5.92 Å². The molecular formula is C15H16F3N3. The molecule has 21 heavy (non-hydrogen) atoms. The molecule has 0 aliphatic carbocycles. The molecule has 1 aromatic heterocycles. The van der Waals surface area contributed by atoms with Gasteiger partial charge in [-0.3, -0.25) is 0 Å². The van der Waals surface area contributed by atoms with Crippen LogP contribution in [-0.2, 0) is 13.0 Å². The number of hydrogen-bond acceptors (Lipinski definition) is 2. The summed E-state index contributed by atoms with van der Waals surface area (Å²) in [5.74, 6) is 0.716. The molecule has 1 aromatic carbocycles. The molecule has 0 bridgehead atoms. The van der Waals surface area contributed by atoms with Crippen LogP contribution in [0.5, 0.6) is 0 Å². The normalized spacial score (nSPS) is 12.0. The van der Waals surface area contributed by atoms with Gasteiger partial charge in [0.15, 0.2) is 0 Å². The number of hydrogen-bond donors (Lipinski definition) is 0. The largest absolute Gasteiger partial charge is 0.389 e. The monoisotopic (exact) mass is 295 g/mol. The molecule has 0 fully saturated rings. The summed E-state index contributed by atoms with van der Waals surface area (Å²) in [7, 11) is 0. The van der Waals surface area contributed by atoms with Crippen LogP contribution in [-0.4, -0.2) is 15.7 Å². The van der Waals surface area contributed by atoms with Gasteiger partial charge in [-0.2, -0.15) is 18.4 Å². The summed E-state index contributed by atoms with van der Waals surface area (Å²) >= 11 is 0. The van der Waals surface area contributed by atoms with Crippen LogP contribution in [0.15, 0.2) is 18.2 Å². The molecule has 0 spiro atoms. The first-order valence-electron chi connectivity index (χ1n) is 6.76. The molecule has 3 nitrogen and oxygen atoms in total. The summed E-state index contributed by atoms with van der Waals surface area (Å²) in [6.45, 7) is 4.61. The van der Waals surface area contributed by atoms with Crippen molar-refractivity contribution in [1.29, 1.82) is 5.26 Å². The van der Waals surface area contributed by atoms with E-state index in [9.17, 15) is 13.2 Å². The Labute approximate surface area is 121 Å². The Morgan fingerprint density at radius 2 is 2.05 bits per heavy atom. The zero-order chi connectivity index (χ0) is 15.6. The first-order valence-corrected chi connectivity index (χ1v) is 6.76. The van der Waals surface area contributed by atoms with Crippen LogP contribution >= 0.6 is 0 Å². The summed E-state index contributed by atoms with van der Waals surface area (Å²) < 4.78 is 39.1. The van der Waals surface area contributed by atoms with E-state index in [1.54, 1.807) is 18.2 Å². The number of aromatic nitrogens is 2. The van der Waals surface area contributed by atoms with Gasteiger partial charge >= 0.3 is 6.18 Å². The molecule has 0 N–H and O–H groups in total. The minimum atomic E-state index is -4.20. The first kappa shape index (κ1) is 15.4. The summed E-state index contributed by atoms with van der Waals surface area (Å²) in [4.78, 5) is 4.29. The van der Waals surface area contributed by atoms with E-state index < -0.39 is 12.6 Å². The van der Waals surface area contributed by atoms with E-state index in [1.807, 2.05) is 24.5 Å². The molecule has 0 saturated heterocycles. The molecule has 2 aromatic rings. The van der Waals surface area contributed by atoms with Crippen LogP contribution < -0.4 is 0 Å². The van der Waals surface area contributed by atoms with Crippen molar-refractivity contribution in [1.82, 2.24) is 9.55 Å². The minimum absolute atomic E-state index is 0.146. The van der Waals surface area contributed by atoms with Gasteiger partial charge in [0, 0.05) is 13.0 Å². The number of alkyl halides is 3. The summed E-state index contributed by atoms with van der Waals surface area (Å²) in [6, 6.07) is 7.04. The third kappa shape index (κ3) is 3.75. The molecule has 0 saturated carbocycles. The molecule has 2 rings (SSSR count). The van der Waals surface area contributed by atoms with Gasteiger partial charge in [-0.1, -0.05) is 13.8 Å². The van der Waals surface area contributed by atoms with Gasteiger partial charge in [0.2, 0.25) is 0 Å². The van der Waals surface area contributed by atoms with Crippen molar-refractivity contribution >= 4 is 11.0 Å². The van der Waals surface area contributed by atoms with Crippen LogP contribution in [0.2, 0.25) is 0 Å². The molecular weight excluding hydrogens is 279 g/mol. The van der Waals surface area contributed by atoms with Gasteiger partial charge in [-0.25, -0.2) is 4.98 Å². The first-order chi connectivity index (χ1) is 9.80. The van der Waals surface area contributed by atoms with Crippen LogP contribution in [0.25, 0.3) is 11.0 Å². The third-order valence-electron chi connectivity index (χ3n) is 3.14. The number of benzene rings is 1. The predicted octanol–water partition coefficient (Wildman–Crippen LogP) is 4.06. The van der Waals surface area contributed by atoms with Crippen LogP contribution in [0.3, 0.4) is 0 Å². The summed E-state index contributed by atoms with van der Waals surface area (Å²) in [5, 5.41) is 8.90. The molecule has 0 radical (unpaired) electrons. The average Bonchev–Trinajstić information content (AvgIpc) is 2.72. The lowest BCUT2D eigenvalue weighted by Crippen LogP contribution is -2.13. The zero-order valence-electron chi connectivity index (χ0n) is 11.9. The number of aryl methyl sites for hydroxylation is 1. The smallest absolute Gasteiger partial charge is 0.328 e. The van der Waals surface area contributed by atoms with Crippen LogP contribution in [0.1, 0.15) is 31.7 Å². The highest BCUT2D eigenvalue weighted by Crippen LogP contribution is 2.25. The molecule has 0 aliphatic heterocycles. The second-order valence-corrected chi connectivity index (χ2v) is 5.46. The van der Waals surface area contributed by atoms with E-state index in [1.165, 1.54) is 0 Å². The standard InChI is InChI=1S/C15H16F3N3/c1-10(2)9-21-13-4-3-11(8-19)7-12(13)20-14(21)5-6-15(16,17)18/h3-4,7,10H,5-6,9H2,1-2H3. The van der Waals surface area contributed by atoms with Crippen LogP contribution in [0.4, 0.5) is 13.2 Å². The van der Waals surface area contributed by atoms with Crippen molar-refractivity contribution in [2.75, 3.05) is 0 Å². The molecule has 0 atom stereocenters. The maximum absolute atomic E-state index is 12.4. The molecule has 112 valence electrons. The highest BCUT2D eigenvalue weighted by molar-refractivity contribution is 5.77. The maximum atomic E-state index is 12.4. The highest BCUT2D eigenvalue weighted by Gasteiger charge is 2.28. The Morgan fingerprint density at radius 3 is 2.62 bits per heavy atom. The van der Waals surface area contributed by atoms with Gasteiger partial charge in [0.05, 0.1) is 29.1 Å². The number of imidazole rings is 1. The Morgan fingerprint density at radius 1 is 1.33 bits per heavy atom. The fraction of sp³-hybridized carbons (Fsp3) is 0.467. The third-order valence-corrected chi connectivity index (χ3v) is 3.14. The summed E-state index contributed by atoms with van der Waals surface area (Å²) in [6.07, 6.45) is -5.23. The zero-order valence-corrected chi connectivity index (χ0v) is 11.9. The van der Waals surface area contributed by atoms with E-state index in [2.05, 4.69) is 4.98 Å². The van der Waals surface area contributed by atoms with Crippen molar-refractivity contribution in [3.63, 3.8) is 0 Å². The second-order valence-electron chi connectivity index (χ2n) is 5.46. The Bertz CT molecular complexity index is 678. The highest BCUT2D eigenvalue weighted by atomic mass is 19.4. The van der Waals surface area contributed by atoms with Crippen molar-refractivity contribution in [2.45, 2.75) is 39.4 Å². The molecule has 0 unspecified atom stereocenters. The lowest BCUT2D eigenvalue weighted by atomic mass is 10.2. The average molecular weight is 295 g/mol. The summed E-state index contributed by atoms with van der Waals surface area (Å²) in [5.41, 5.74) is 1.81. The van der Waals surface area contributed by atoms with Gasteiger partial charge < -0.3 is 4.57 Å². The molecule has 0 aliphatic rings. The lowest BCUT2D eigenvalue weighted by molar-refractivity contribution is -0.134. The number of nitrogens with zero attached hydrogens (tertiary/aromatic N) is 3. The van der Waals surface area contributed by atoms with Gasteiger partial charge in [0.25, 0.3) is 0 Å². The van der Waals surface area contributed by atoms with E-state index in [4.69, 9.17) is 5.26 Å². The Kier molecular flexibility index (Phi) is 4.21. The topological polar surface area (TPSA) is 41.6 Å². The quantitative estimate of drug-likeness (QED) is 0.853. The van der Waals surface area contributed by atoms with Crippen molar-refractivity contribution < 1.29 is 13.2 Å². The Hall–Kier alpha value is -2.03. The van der Waals surface area contributed by atoms with Crippen molar-refractivity contribution in [3.05, 3.63) is 29.6 Å². The SMILES string of the molecule is CC(C)Cn1c(CCC(F)(F)F)nc2cc(C#N)ccc21. The van der Waals surface area contributed by atoms with Gasteiger partial charge in [-0.15, -0.1) is 0 Å². The molecule has 0 amide bonds. The fourth-order valence-corrected chi connectivity index (χ4v) is 2.26. The molecule has 6 heteroatoms. The predicted molar refractivity (Wildman–Crippen MR) is 73.7 cm³/mol. The van der Waals surface area contributed by atoms with E-state index in [-0.39, 0.29) is 6.42 Å². The maximum Gasteiger partial charge on any atom is 0.389 e. The van der Waals surface area contributed by atoms with Gasteiger partial charge in [-0.05, 0) is 24.1 Å². The number of nitriles is 1. The van der Waals surface area contributed by atoms with Crippen molar-refractivity contribution in [3.8, 4) is 6.07 Å². The lowest BCUT2D eigenvalue weighted by Gasteiger charge is -2.12. The van der Waals surface area contributed by atoms with E-state index in [0.29, 0.717) is 29.4 Å². The number of halogens is 3. The number of fused-ring (bicyclic) bond motifs is 1. The van der Waals surface area contributed by atoms with E-state index in [0.717, 1.165) is 5.52 Å². The molecule has 1 heterocycles. The minimum Gasteiger partial charge on any atom is -0.328 e. The van der Waals surface area contributed by atoms with E-state index >= 15 is 0 Å². The van der Waals surface area contributed by atoms with Crippen LogP contribution in [0, 0.1) is 17.2 Å². The Balaban J connectivity index is 2.44. The second kappa shape index (κ2) is 5.76. The van der Waals surface area contributed by atoms with Gasteiger partial charge in [0.1, 0.15) is 5.82 Å². The fourth-order valence-electron chi connectivity index (χ4n) is 2.26.